The summed E-state index contributed by atoms with van der Waals surface area (Å²) < 4.78 is 0. The maximum absolute atomic E-state index is 9.74. The molecule has 0 unspecified atom stereocenters. The van der Waals surface area contributed by atoms with Crippen LogP contribution in [0.1, 0.15) is 0 Å². The van der Waals surface area contributed by atoms with Gasteiger partial charge in [-0.3, -0.25) is 15.2 Å². The van der Waals surface area contributed by atoms with Crippen molar-refractivity contribution in [3.05, 3.63) is 0 Å². The highest BCUT2D eigenvalue weighted by atomic mass is 35.5. The van der Waals surface area contributed by atoms with Gasteiger partial charge in [-0.05, 0) is 11.6 Å². The molecule has 0 aliphatic heterocycles. The average Bonchev–Trinajstić information content (AvgIpc) is 1.61. The van der Waals surface area contributed by atoms with Crippen LogP contribution in [0.2, 0.25) is 0 Å². The summed E-state index contributed by atoms with van der Waals surface area (Å²) in [6.07, 6.45) is 0. The van der Waals surface area contributed by atoms with Gasteiger partial charge in [-0.2, -0.15) is 0 Å². The summed E-state index contributed by atoms with van der Waals surface area (Å²) in [5.74, 6) is 0. The van der Waals surface area contributed by atoms with Crippen LogP contribution in [0.5, 0.6) is 0 Å². The minimum atomic E-state index is -0.807. The van der Waals surface area contributed by atoms with E-state index in [0.717, 1.165) is 0 Å². The van der Waals surface area contributed by atoms with Gasteiger partial charge in [0.25, 0.3) is 0 Å². The van der Waals surface area contributed by atoms with E-state index >= 15 is 0 Å². The number of carbonyl (C=O) groups is 1. The predicted octanol–water partition coefficient (Wildman–Crippen LogP) is -0.236. The van der Waals surface area contributed by atoms with Crippen molar-refractivity contribution < 1.29 is 20.0 Å². The molecule has 0 aliphatic carbocycles. The fraction of sp³-hybridized carbons (Fsp3) is 0.500. The van der Waals surface area contributed by atoms with Crippen LogP contribution < -0.4 is 0 Å². The van der Waals surface area contributed by atoms with Crippen LogP contribution in [0.4, 0.5) is 0 Å². The normalized spacial score (nSPS) is 10.0. The summed E-state index contributed by atoms with van der Waals surface area (Å²) in [6.45, 7) is -0.561. The second-order valence-corrected chi connectivity index (χ2v) is 1.30. The van der Waals surface area contributed by atoms with Crippen molar-refractivity contribution >= 4 is 16.8 Å². The minimum Gasteiger partial charge on any atom is -0.279 e. The Kier molecular flexibility index (Phi) is 3.67. The molecule has 0 aromatic heterocycles. The van der Waals surface area contributed by atoms with Crippen molar-refractivity contribution in [2.24, 2.45) is 0 Å². The quantitative estimate of drug-likeness (QED) is 0.420. The van der Waals surface area contributed by atoms with Gasteiger partial charge in [0, 0.05) is 0 Å². The van der Waals surface area contributed by atoms with E-state index < -0.39 is 17.2 Å². The molecule has 5 nitrogen and oxygen atoms in total. The highest BCUT2D eigenvalue weighted by Gasteiger charge is 1.97. The van der Waals surface area contributed by atoms with E-state index in [1.54, 1.807) is 0 Å². The second-order valence-electron chi connectivity index (χ2n) is 0.881. The van der Waals surface area contributed by atoms with E-state index in [-0.39, 0.29) is 0 Å². The smallest absolute Gasteiger partial charge is 0.249 e. The van der Waals surface area contributed by atoms with E-state index in [4.69, 9.17) is 22.0 Å². The van der Waals surface area contributed by atoms with Crippen molar-refractivity contribution in [3.8, 4) is 0 Å². The largest absolute Gasteiger partial charge is 0.279 e. The van der Waals surface area contributed by atoms with Gasteiger partial charge < -0.3 is 0 Å². The van der Waals surface area contributed by atoms with Crippen molar-refractivity contribution in [3.63, 3.8) is 0 Å². The lowest BCUT2D eigenvalue weighted by Gasteiger charge is -2.00. The van der Waals surface area contributed by atoms with Crippen LogP contribution in [0.15, 0.2) is 0 Å². The van der Waals surface area contributed by atoms with Crippen molar-refractivity contribution in [1.82, 2.24) is 5.39 Å². The lowest BCUT2D eigenvalue weighted by atomic mass is 10.8. The Morgan fingerprint density at radius 2 is 2.25 bits per heavy atom. The first kappa shape index (κ1) is 7.80. The number of hydrogen-bond acceptors (Lipinski definition) is 5. The molecule has 0 saturated heterocycles. The molecule has 48 valence electrons. The SMILES string of the molecule is O=C(Cl)CON(O)O. The topological polar surface area (TPSA) is 70.0 Å². The zero-order valence-electron chi connectivity index (χ0n) is 3.74. The van der Waals surface area contributed by atoms with Gasteiger partial charge in [0.05, 0.1) is 5.39 Å². The highest BCUT2D eigenvalue weighted by molar-refractivity contribution is 6.63. The van der Waals surface area contributed by atoms with Gasteiger partial charge in [-0.1, -0.05) is 0 Å². The molecular weight excluding hydrogens is 137 g/mol. The summed E-state index contributed by atoms with van der Waals surface area (Å²) in [7, 11) is 0. The molecule has 6 heteroatoms. The highest BCUT2D eigenvalue weighted by Crippen LogP contribution is 1.82. The van der Waals surface area contributed by atoms with Crippen molar-refractivity contribution in [2.45, 2.75) is 0 Å². The third-order valence-electron chi connectivity index (χ3n) is 0.293. The molecular formula is C2H4ClNO4. The molecule has 0 heterocycles. The fourth-order valence-electron chi connectivity index (χ4n) is 0.108. The predicted molar refractivity (Wildman–Crippen MR) is 22.2 cm³/mol. The molecule has 0 aromatic carbocycles. The van der Waals surface area contributed by atoms with Gasteiger partial charge in [0.2, 0.25) is 5.24 Å². The Labute approximate surface area is 49.9 Å². The van der Waals surface area contributed by atoms with E-state index in [1.807, 2.05) is 0 Å². The zero-order valence-corrected chi connectivity index (χ0v) is 4.50. The molecule has 0 atom stereocenters. The number of halogens is 1. The molecule has 8 heavy (non-hydrogen) atoms. The Bertz CT molecular complexity index is 84.1. The third kappa shape index (κ3) is 5.80. The Morgan fingerprint density at radius 3 is 2.38 bits per heavy atom. The first-order valence-corrected chi connectivity index (χ1v) is 2.00. The summed E-state index contributed by atoms with van der Waals surface area (Å²) in [5.41, 5.74) is 0. The fourth-order valence-corrected chi connectivity index (χ4v) is 0.157. The number of carbonyl (C=O) groups excluding carboxylic acids is 1. The van der Waals surface area contributed by atoms with E-state index in [9.17, 15) is 4.79 Å². The molecule has 0 aromatic rings. The van der Waals surface area contributed by atoms with E-state index in [1.165, 1.54) is 0 Å². The van der Waals surface area contributed by atoms with Gasteiger partial charge in [0.15, 0.2) is 0 Å². The molecule has 0 amide bonds. The lowest BCUT2D eigenvalue weighted by molar-refractivity contribution is -0.488. The molecule has 0 aliphatic rings. The lowest BCUT2D eigenvalue weighted by Crippen LogP contribution is -2.17. The molecule has 0 fully saturated rings. The molecule has 0 spiro atoms. The zero-order chi connectivity index (χ0) is 6.57. The number of rotatable bonds is 3. The van der Waals surface area contributed by atoms with E-state index in [2.05, 4.69) is 4.84 Å². The van der Waals surface area contributed by atoms with Crippen LogP contribution in [-0.4, -0.2) is 27.7 Å². The maximum Gasteiger partial charge on any atom is 0.249 e. The van der Waals surface area contributed by atoms with Crippen LogP contribution in [0.25, 0.3) is 0 Å². The Balaban J connectivity index is 3.05. The second kappa shape index (κ2) is 3.76. The van der Waals surface area contributed by atoms with Crippen LogP contribution in [-0.2, 0) is 9.63 Å². The number of hydrogen-bond donors (Lipinski definition) is 2. The third-order valence-corrected chi connectivity index (χ3v) is 0.403. The molecule has 2 N–H and O–H groups in total. The Hall–Kier alpha value is -0.200. The molecule has 0 radical (unpaired) electrons. The molecule has 0 rings (SSSR count). The first-order chi connectivity index (χ1) is 3.63. The summed E-state index contributed by atoms with van der Waals surface area (Å²) in [6, 6.07) is 0. The number of nitrogens with zero attached hydrogens (tertiary/aromatic N) is 1. The monoisotopic (exact) mass is 141 g/mol. The van der Waals surface area contributed by atoms with Crippen LogP contribution >= 0.6 is 11.6 Å². The minimum absolute atomic E-state index is 0.561. The molecule has 0 bridgehead atoms. The van der Waals surface area contributed by atoms with Gasteiger partial charge in [0.1, 0.15) is 6.61 Å². The van der Waals surface area contributed by atoms with Crippen molar-refractivity contribution in [2.75, 3.05) is 6.61 Å². The molecule has 0 saturated carbocycles. The summed E-state index contributed by atoms with van der Waals surface area (Å²) >= 11 is 4.71. The van der Waals surface area contributed by atoms with Gasteiger partial charge in [-0.15, -0.1) is 0 Å². The van der Waals surface area contributed by atoms with Gasteiger partial charge >= 0.3 is 0 Å². The summed E-state index contributed by atoms with van der Waals surface area (Å²) in [4.78, 5) is 13.5. The van der Waals surface area contributed by atoms with Crippen molar-refractivity contribution in [1.29, 1.82) is 0 Å². The Morgan fingerprint density at radius 1 is 1.75 bits per heavy atom. The van der Waals surface area contributed by atoms with E-state index in [0.29, 0.717) is 0 Å². The van der Waals surface area contributed by atoms with Crippen LogP contribution in [0, 0.1) is 0 Å². The first-order valence-electron chi connectivity index (χ1n) is 1.62. The average molecular weight is 142 g/mol. The van der Waals surface area contributed by atoms with Gasteiger partial charge in [-0.25, -0.2) is 4.84 Å². The standard InChI is InChI=1S/C2H4ClNO4/c3-2(5)1-8-4(6)7/h6-7H,1H2. The summed E-state index contributed by atoms with van der Waals surface area (Å²) in [5, 5.41) is 14.1. The van der Waals surface area contributed by atoms with Crippen LogP contribution in [0.3, 0.4) is 0 Å². The maximum atomic E-state index is 9.74.